The molecule has 6 heteroatoms. The van der Waals surface area contributed by atoms with Crippen molar-refractivity contribution in [1.29, 1.82) is 0 Å². The molecule has 0 radical (unpaired) electrons. The van der Waals surface area contributed by atoms with Gasteiger partial charge in [-0.3, -0.25) is 0 Å². The van der Waals surface area contributed by atoms with Crippen molar-refractivity contribution in [3.8, 4) is 11.4 Å². The van der Waals surface area contributed by atoms with Crippen LogP contribution >= 0.6 is 11.6 Å². The predicted octanol–water partition coefficient (Wildman–Crippen LogP) is 3.63. The van der Waals surface area contributed by atoms with Gasteiger partial charge in [0.2, 0.25) is 0 Å². The lowest BCUT2D eigenvalue weighted by atomic mass is 10.2. The Balaban J connectivity index is 2.25. The molecule has 1 aromatic heterocycles. The smallest absolute Gasteiger partial charge is 0.143 e. The zero-order valence-corrected chi connectivity index (χ0v) is 12.0. The van der Waals surface area contributed by atoms with Gasteiger partial charge < -0.3 is 10.3 Å². The zero-order chi connectivity index (χ0) is 15.1. The molecule has 0 amide bonds. The molecule has 0 saturated carbocycles. The number of rotatable bonds is 2. The van der Waals surface area contributed by atoms with Crippen molar-refractivity contribution in [3.63, 3.8) is 0 Å². The number of fused-ring (bicyclic) bond motifs is 1. The molecule has 0 aliphatic heterocycles. The van der Waals surface area contributed by atoms with Gasteiger partial charge in [0.1, 0.15) is 17.5 Å². The summed E-state index contributed by atoms with van der Waals surface area (Å²) in [5.74, 6) is -0.950. The van der Waals surface area contributed by atoms with E-state index in [1.165, 1.54) is 0 Å². The molecule has 3 nitrogen and oxygen atoms in total. The normalized spacial score (nSPS) is 11.3. The summed E-state index contributed by atoms with van der Waals surface area (Å²) in [5, 5.41) is -0.250. The molecule has 3 aromatic rings. The van der Waals surface area contributed by atoms with Crippen LogP contribution in [0.1, 0.15) is 5.56 Å². The number of nitrogens with zero attached hydrogens (tertiary/aromatic N) is 2. The van der Waals surface area contributed by atoms with Crippen LogP contribution in [-0.4, -0.2) is 9.55 Å². The maximum atomic E-state index is 14.0. The molecule has 21 heavy (non-hydrogen) atoms. The van der Waals surface area contributed by atoms with Crippen LogP contribution < -0.4 is 5.73 Å². The second-order valence-corrected chi connectivity index (χ2v) is 5.17. The third kappa shape index (κ3) is 2.28. The number of hydrogen-bond donors (Lipinski definition) is 1. The lowest BCUT2D eigenvalue weighted by Crippen LogP contribution is -1.97. The Bertz CT molecular complexity index is 843. The maximum absolute atomic E-state index is 14.0. The van der Waals surface area contributed by atoms with E-state index in [4.69, 9.17) is 17.3 Å². The van der Waals surface area contributed by atoms with Gasteiger partial charge >= 0.3 is 0 Å². The molecule has 0 saturated heterocycles. The Morgan fingerprint density at radius 2 is 1.95 bits per heavy atom. The number of hydrogen-bond acceptors (Lipinski definition) is 2. The van der Waals surface area contributed by atoms with Gasteiger partial charge in [-0.2, -0.15) is 0 Å². The minimum atomic E-state index is -0.678. The van der Waals surface area contributed by atoms with Gasteiger partial charge in [0.25, 0.3) is 0 Å². The molecular formula is C15H12ClF2N3. The zero-order valence-electron chi connectivity index (χ0n) is 11.2. The van der Waals surface area contributed by atoms with E-state index in [1.807, 2.05) is 18.2 Å². The van der Waals surface area contributed by atoms with E-state index in [1.54, 1.807) is 11.6 Å². The SMILES string of the molecule is Cn1c(-c2cc(F)c(Cl)cc2F)nc2cc(CN)ccc21. The third-order valence-corrected chi connectivity index (χ3v) is 3.72. The van der Waals surface area contributed by atoms with Crippen LogP contribution in [0.4, 0.5) is 8.78 Å². The summed E-state index contributed by atoms with van der Waals surface area (Å²) in [6.07, 6.45) is 0. The topological polar surface area (TPSA) is 43.8 Å². The van der Waals surface area contributed by atoms with Gasteiger partial charge in [0.15, 0.2) is 0 Å². The number of aromatic nitrogens is 2. The number of halogens is 3. The standard InChI is InChI=1S/C15H12ClF2N3/c1-21-14-3-2-8(7-19)4-13(14)20-15(21)9-5-12(18)10(16)6-11(9)17/h2-6H,7,19H2,1H3. The summed E-state index contributed by atoms with van der Waals surface area (Å²) in [6.45, 7) is 0.395. The van der Waals surface area contributed by atoms with Gasteiger partial charge in [-0.25, -0.2) is 13.8 Å². The van der Waals surface area contributed by atoms with E-state index in [-0.39, 0.29) is 10.6 Å². The summed E-state index contributed by atoms with van der Waals surface area (Å²) in [6, 6.07) is 7.59. The largest absolute Gasteiger partial charge is 0.327 e. The number of nitrogens with two attached hydrogens (primary N) is 1. The molecule has 0 unspecified atom stereocenters. The minimum absolute atomic E-state index is 0.0740. The summed E-state index contributed by atoms with van der Waals surface area (Å²) >= 11 is 5.58. The van der Waals surface area contributed by atoms with E-state index in [0.717, 1.165) is 23.2 Å². The third-order valence-electron chi connectivity index (χ3n) is 3.43. The molecule has 0 aliphatic carbocycles. The van der Waals surface area contributed by atoms with Crippen LogP contribution in [0.25, 0.3) is 22.4 Å². The summed E-state index contributed by atoms with van der Waals surface area (Å²) in [4.78, 5) is 4.38. The Labute approximate surface area is 125 Å². The lowest BCUT2D eigenvalue weighted by molar-refractivity contribution is 0.602. The fourth-order valence-electron chi connectivity index (χ4n) is 2.31. The Morgan fingerprint density at radius 1 is 1.19 bits per heavy atom. The highest BCUT2D eigenvalue weighted by molar-refractivity contribution is 6.30. The van der Waals surface area contributed by atoms with E-state index in [9.17, 15) is 8.78 Å². The van der Waals surface area contributed by atoms with Crippen molar-refractivity contribution in [1.82, 2.24) is 9.55 Å². The lowest BCUT2D eigenvalue weighted by Gasteiger charge is -2.05. The first-order valence-electron chi connectivity index (χ1n) is 6.31. The molecular weight excluding hydrogens is 296 g/mol. The molecule has 2 N–H and O–H groups in total. The first kappa shape index (κ1) is 14.0. The van der Waals surface area contributed by atoms with E-state index < -0.39 is 11.6 Å². The number of benzene rings is 2. The molecule has 1 heterocycles. The fourth-order valence-corrected chi connectivity index (χ4v) is 2.46. The van der Waals surface area contributed by atoms with Crippen molar-refractivity contribution < 1.29 is 8.78 Å². The highest BCUT2D eigenvalue weighted by atomic mass is 35.5. The average Bonchev–Trinajstić information content (AvgIpc) is 2.79. The highest BCUT2D eigenvalue weighted by Crippen LogP contribution is 2.29. The van der Waals surface area contributed by atoms with Crippen LogP contribution in [0.2, 0.25) is 5.02 Å². The summed E-state index contributed by atoms with van der Waals surface area (Å²) in [7, 11) is 1.75. The van der Waals surface area contributed by atoms with Crippen molar-refractivity contribution in [2.24, 2.45) is 12.8 Å². The summed E-state index contributed by atoms with van der Waals surface area (Å²) in [5.41, 5.74) is 8.10. The van der Waals surface area contributed by atoms with E-state index >= 15 is 0 Å². The number of aryl methyl sites for hydroxylation is 1. The Hall–Kier alpha value is -1.98. The molecule has 3 rings (SSSR count). The monoisotopic (exact) mass is 307 g/mol. The van der Waals surface area contributed by atoms with Crippen molar-refractivity contribution in [3.05, 3.63) is 52.6 Å². The molecule has 0 atom stereocenters. The maximum Gasteiger partial charge on any atom is 0.143 e. The van der Waals surface area contributed by atoms with Crippen molar-refractivity contribution in [2.75, 3.05) is 0 Å². The quantitative estimate of drug-likeness (QED) is 0.735. The van der Waals surface area contributed by atoms with Crippen LogP contribution in [0.3, 0.4) is 0 Å². The average molecular weight is 308 g/mol. The fraction of sp³-hybridized carbons (Fsp3) is 0.133. The van der Waals surface area contributed by atoms with Crippen LogP contribution in [0.5, 0.6) is 0 Å². The van der Waals surface area contributed by atoms with Crippen LogP contribution in [0, 0.1) is 11.6 Å². The van der Waals surface area contributed by atoms with Gasteiger partial charge in [-0.05, 0) is 29.8 Å². The molecule has 108 valence electrons. The minimum Gasteiger partial charge on any atom is -0.327 e. The predicted molar refractivity (Wildman–Crippen MR) is 79.0 cm³/mol. The van der Waals surface area contributed by atoms with Gasteiger partial charge in [0, 0.05) is 13.6 Å². The van der Waals surface area contributed by atoms with Crippen LogP contribution in [0.15, 0.2) is 30.3 Å². The first-order chi connectivity index (χ1) is 10.0. The van der Waals surface area contributed by atoms with Crippen molar-refractivity contribution >= 4 is 22.6 Å². The van der Waals surface area contributed by atoms with Gasteiger partial charge in [-0.15, -0.1) is 0 Å². The Kier molecular flexibility index (Phi) is 3.39. The molecule has 0 bridgehead atoms. The molecule has 0 aliphatic rings. The van der Waals surface area contributed by atoms with Crippen molar-refractivity contribution in [2.45, 2.75) is 6.54 Å². The van der Waals surface area contributed by atoms with Gasteiger partial charge in [0.05, 0.1) is 21.6 Å². The first-order valence-corrected chi connectivity index (χ1v) is 6.69. The van der Waals surface area contributed by atoms with E-state index in [2.05, 4.69) is 4.98 Å². The molecule has 0 fully saturated rings. The summed E-state index contributed by atoms with van der Waals surface area (Å²) < 4.78 is 29.4. The van der Waals surface area contributed by atoms with Crippen LogP contribution in [-0.2, 0) is 13.6 Å². The second kappa shape index (κ2) is 5.09. The highest BCUT2D eigenvalue weighted by Gasteiger charge is 2.16. The Morgan fingerprint density at radius 3 is 2.67 bits per heavy atom. The second-order valence-electron chi connectivity index (χ2n) is 4.77. The van der Waals surface area contributed by atoms with E-state index in [0.29, 0.717) is 17.9 Å². The number of imidazole rings is 1. The molecule has 2 aromatic carbocycles. The molecule has 0 spiro atoms. The van der Waals surface area contributed by atoms with Gasteiger partial charge in [-0.1, -0.05) is 17.7 Å².